The highest BCUT2D eigenvalue weighted by Gasteiger charge is 2.17. The normalized spacial score (nSPS) is 11.7. The summed E-state index contributed by atoms with van der Waals surface area (Å²) in [5.41, 5.74) is 5.82. The van der Waals surface area contributed by atoms with Crippen molar-refractivity contribution in [1.29, 1.82) is 0 Å². The number of rotatable bonds is 5. The molecule has 0 aliphatic carbocycles. The molecule has 0 heterocycles. The van der Waals surface area contributed by atoms with E-state index in [9.17, 15) is 9.18 Å². The second-order valence-corrected chi connectivity index (χ2v) is 5.04. The quantitative estimate of drug-likeness (QED) is 0.819. The third-order valence-corrected chi connectivity index (χ3v) is 3.67. The molecule has 1 aromatic rings. The van der Waals surface area contributed by atoms with Gasteiger partial charge in [-0.25, -0.2) is 4.39 Å². The Kier molecular flexibility index (Phi) is 6.90. The summed E-state index contributed by atoms with van der Waals surface area (Å²) in [5.74, 6) is 4.89. The van der Waals surface area contributed by atoms with Gasteiger partial charge in [0.15, 0.2) is 0 Å². The van der Waals surface area contributed by atoms with Gasteiger partial charge in [0.1, 0.15) is 5.82 Å². The highest BCUT2D eigenvalue weighted by molar-refractivity contribution is 5.94. The molecule has 0 spiro atoms. The van der Waals surface area contributed by atoms with Crippen molar-refractivity contribution in [2.75, 3.05) is 6.54 Å². The minimum atomic E-state index is -0.501. The van der Waals surface area contributed by atoms with Crippen LogP contribution in [0, 0.1) is 23.6 Å². The van der Waals surface area contributed by atoms with Crippen LogP contribution in [-0.4, -0.2) is 18.5 Å². The zero-order valence-electron chi connectivity index (χ0n) is 12.9. The van der Waals surface area contributed by atoms with Gasteiger partial charge in [-0.05, 0) is 31.0 Å². The zero-order chi connectivity index (χ0) is 15.8. The first kappa shape index (κ1) is 17.2. The lowest BCUT2D eigenvalue weighted by molar-refractivity contribution is 0.0924. The topological polar surface area (TPSA) is 55.1 Å². The first-order valence-electron chi connectivity index (χ1n) is 7.32. The molecule has 3 nitrogen and oxygen atoms in total. The summed E-state index contributed by atoms with van der Waals surface area (Å²) in [6.45, 7) is 6.35. The highest BCUT2D eigenvalue weighted by atomic mass is 19.1. The summed E-state index contributed by atoms with van der Waals surface area (Å²) >= 11 is 0. The van der Waals surface area contributed by atoms with Gasteiger partial charge < -0.3 is 11.1 Å². The molecule has 0 radical (unpaired) electrons. The van der Waals surface area contributed by atoms with Gasteiger partial charge in [0, 0.05) is 11.6 Å². The standard InChI is InChI=1S/C17H23FN2O/c1-4-13(5-2)12(3)20-17(21)15-9-8-14(7-6-10-19)16(18)11-15/h8-9,11-13H,4-5,10,19H2,1-3H3,(H,20,21). The second-order valence-electron chi connectivity index (χ2n) is 5.04. The van der Waals surface area contributed by atoms with Crippen LogP contribution in [0.5, 0.6) is 0 Å². The van der Waals surface area contributed by atoms with E-state index in [-0.39, 0.29) is 24.1 Å². The maximum Gasteiger partial charge on any atom is 0.251 e. The summed E-state index contributed by atoms with van der Waals surface area (Å²) < 4.78 is 13.8. The molecule has 1 atom stereocenters. The second kappa shape index (κ2) is 8.43. The van der Waals surface area contributed by atoms with Gasteiger partial charge >= 0.3 is 0 Å². The summed E-state index contributed by atoms with van der Waals surface area (Å²) in [7, 11) is 0. The Balaban J connectivity index is 2.82. The van der Waals surface area contributed by atoms with Gasteiger partial charge in [0.05, 0.1) is 12.1 Å². The van der Waals surface area contributed by atoms with E-state index in [0.29, 0.717) is 11.5 Å². The lowest BCUT2D eigenvalue weighted by Gasteiger charge is -2.22. The highest BCUT2D eigenvalue weighted by Crippen LogP contribution is 2.14. The number of nitrogens with two attached hydrogens (primary N) is 1. The van der Waals surface area contributed by atoms with Crippen LogP contribution in [-0.2, 0) is 0 Å². The van der Waals surface area contributed by atoms with Crippen molar-refractivity contribution in [2.45, 2.75) is 39.7 Å². The number of nitrogens with one attached hydrogen (secondary N) is 1. The van der Waals surface area contributed by atoms with E-state index in [1.165, 1.54) is 12.1 Å². The van der Waals surface area contributed by atoms with E-state index in [1.807, 2.05) is 6.92 Å². The van der Waals surface area contributed by atoms with E-state index in [0.717, 1.165) is 12.8 Å². The molecule has 1 aromatic carbocycles. The average Bonchev–Trinajstić information content (AvgIpc) is 2.47. The van der Waals surface area contributed by atoms with E-state index >= 15 is 0 Å². The molecule has 1 rings (SSSR count). The van der Waals surface area contributed by atoms with Crippen molar-refractivity contribution in [3.8, 4) is 11.8 Å². The van der Waals surface area contributed by atoms with E-state index in [1.54, 1.807) is 6.07 Å². The van der Waals surface area contributed by atoms with Crippen molar-refractivity contribution in [3.63, 3.8) is 0 Å². The van der Waals surface area contributed by atoms with Crippen LogP contribution in [0.2, 0.25) is 0 Å². The Labute approximate surface area is 126 Å². The SMILES string of the molecule is CCC(CC)C(C)NC(=O)c1ccc(C#CCN)c(F)c1. The number of halogens is 1. The van der Waals surface area contributed by atoms with E-state index < -0.39 is 5.82 Å². The Bertz CT molecular complexity index is 541. The summed E-state index contributed by atoms with van der Waals surface area (Å²) in [6, 6.07) is 4.37. The van der Waals surface area contributed by atoms with Gasteiger partial charge in [-0.2, -0.15) is 0 Å². The number of carbonyl (C=O) groups is 1. The monoisotopic (exact) mass is 290 g/mol. The zero-order valence-corrected chi connectivity index (χ0v) is 12.9. The lowest BCUT2D eigenvalue weighted by atomic mass is 9.95. The molecule has 1 amide bonds. The fourth-order valence-corrected chi connectivity index (χ4v) is 2.31. The fraction of sp³-hybridized carbons (Fsp3) is 0.471. The number of amides is 1. The van der Waals surface area contributed by atoms with Gasteiger partial charge in [-0.15, -0.1) is 0 Å². The van der Waals surface area contributed by atoms with Crippen LogP contribution in [0.15, 0.2) is 18.2 Å². The summed E-state index contributed by atoms with van der Waals surface area (Å²) in [5, 5.41) is 2.93. The Morgan fingerprint density at radius 1 is 1.38 bits per heavy atom. The van der Waals surface area contributed by atoms with Crippen LogP contribution < -0.4 is 11.1 Å². The van der Waals surface area contributed by atoms with Crippen molar-refractivity contribution >= 4 is 5.91 Å². The van der Waals surface area contributed by atoms with Crippen LogP contribution in [0.25, 0.3) is 0 Å². The molecule has 0 fully saturated rings. The molecular formula is C17H23FN2O. The predicted octanol–water partition coefficient (Wildman–Crippen LogP) is 2.69. The Hall–Kier alpha value is -1.86. The smallest absolute Gasteiger partial charge is 0.251 e. The first-order valence-corrected chi connectivity index (χ1v) is 7.32. The van der Waals surface area contributed by atoms with Gasteiger partial charge in [-0.3, -0.25) is 4.79 Å². The van der Waals surface area contributed by atoms with Crippen LogP contribution in [0.3, 0.4) is 0 Å². The lowest BCUT2D eigenvalue weighted by Crippen LogP contribution is -2.37. The van der Waals surface area contributed by atoms with Gasteiger partial charge in [-0.1, -0.05) is 38.5 Å². The molecule has 1 unspecified atom stereocenters. The number of hydrogen-bond acceptors (Lipinski definition) is 2. The Morgan fingerprint density at radius 2 is 2.05 bits per heavy atom. The van der Waals surface area contributed by atoms with E-state index in [4.69, 9.17) is 5.73 Å². The number of hydrogen-bond donors (Lipinski definition) is 2. The van der Waals surface area contributed by atoms with Crippen molar-refractivity contribution < 1.29 is 9.18 Å². The third-order valence-electron chi connectivity index (χ3n) is 3.67. The molecule has 0 saturated heterocycles. The van der Waals surface area contributed by atoms with E-state index in [2.05, 4.69) is 31.0 Å². The fourth-order valence-electron chi connectivity index (χ4n) is 2.31. The molecule has 0 aromatic heterocycles. The molecule has 114 valence electrons. The number of carbonyl (C=O) groups excluding carboxylic acids is 1. The molecule has 0 saturated carbocycles. The molecule has 4 heteroatoms. The predicted molar refractivity (Wildman–Crippen MR) is 83.3 cm³/mol. The minimum Gasteiger partial charge on any atom is -0.349 e. The largest absolute Gasteiger partial charge is 0.349 e. The van der Waals surface area contributed by atoms with Crippen LogP contribution >= 0.6 is 0 Å². The Morgan fingerprint density at radius 3 is 2.57 bits per heavy atom. The van der Waals surface area contributed by atoms with Gasteiger partial charge in [0.25, 0.3) is 5.91 Å². The molecule has 0 bridgehead atoms. The van der Waals surface area contributed by atoms with Crippen LogP contribution in [0.4, 0.5) is 4.39 Å². The molecule has 0 aliphatic heterocycles. The minimum absolute atomic E-state index is 0.0623. The average molecular weight is 290 g/mol. The molecular weight excluding hydrogens is 267 g/mol. The van der Waals surface area contributed by atoms with Crippen LogP contribution in [0.1, 0.15) is 49.5 Å². The number of benzene rings is 1. The summed E-state index contributed by atoms with van der Waals surface area (Å²) in [6.07, 6.45) is 2.00. The summed E-state index contributed by atoms with van der Waals surface area (Å²) in [4.78, 5) is 12.1. The molecule has 3 N–H and O–H groups in total. The van der Waals surface area contributed by atoms with Crippen molar-refractivity contribution in [1.82, 2.24) is 5.32 Å². The maximum atomic E-state index is 13.8. The van der Waals surface area contributed by atoms with Crippen molar-refractivity contribution in [3.05, 3.63) is 35.1 Å². The molecule has 0 aliphatic rings. The third kappa shape index (κ3) is 4.87. The maximum absolute atomic E-state index is 13.8. The first-order chi connectivity index (χ1) is 10.0. The van der Waals surface area contributed by atoms with Gasteiger partial charge in [0.2, 0.25) is 0 Å². The molecule has 21 heavy (non-hydrogen) atoms. The van der Waals surface area contributed by atoms with Crippen molar-refractivity contribution in [2.24, 2.45) is 11.7 Å².